The number of hydrogen-bond acceptors (Lipinski definition) is 3. The van der Waals surface area contributed by atoms with Crippen molar-refractivity contribution >= 4 is 27.6 Å². The molecule has 4 heteroatoms. The van der Waals surface area contributed by atoms with Crippen LogP contribution in [-0.4, -0.2) is 12.6 Å². The predicted molar refractivity (Wildman–Crippen MR) is 79.8 cm³/mol. The summed E-state index contributed by atoms with van der Waals surface area (Å²) in [6.07, 6.45) is 2.64. The number of benzene rings is 1. The second kappa shape index (κ2) is 5.78. The van der Waals surface area contributed by atoms with E-state index in [0.29, 0.717) is 12.2 Å². The smallest absolute Gasteiger partial charge is 0.333 e. The lowest BCUT2D eigenvalue weighted by atomic mass is 9.92. The number of esters is 1. The van der Waals surface area contributed by atoms with Crippen molar-refractivity contribution in [2.45, 2.75) is 26.2 Å². The Morgan fingerprint density at radius 2 is 2.26 bits per heavy atom. The van der Waals surface area contributed by atoms with Crippen LogP contribution in [0.3, 0.4) is 0 Å². The van der Waals surface area contributed by atoms with Crippen molar-refractivity contribution < 1.29 is 9.53 Å². The molecule has 1 heterocycles. The lowest BCUT2D eigenvalue weighted by molar-refractivity contribution is -0.135. The molecule has 0 radical (unpaired) electrons. The average molecular weight is 324 g/mol. The van der Waals surface area contributed by atoms with E-state index in [1.54, 1.807) is 0 Å². The van der Waals surface area contributed by atoms with E-state index >= 15 is 0 Å². The number of nitrogens with two attached hydrogens (primary N) is 1. The second-order valence-electron chi connectivity index (χ2n) is 4.85. The zero-order valence-electron chi connectivity index (χ0n) is 11.0. The Kier molecular flexibility index (Phi) is 4.30. The van der Waals surface area contributed by atoms with E-state index in [0.717, 1.165) is 29.4 Å². The molecule has 1 saturated heterocycles. The number of carbonyl (C=O) groups is 1. The molecule has 0 bridgehead atoms. The summed E-state index contributed by atoms with van der Waals surface area (Å²) in [6, 6.07) is 4.04. The predicted octanol–water partition coefficient (Wildman–Crippen LogP) is 3.26. The van der Waals surface area contributed by atoms with Gasteiger partial charge in [-0.15, -0.1) is 0 Å². The van der Waals surface area contributed by atoms with Crippen LogP contribution in [0.15, 0.2) is 28.8 Å². The molecular formula is C15H18BrNO2. The van der Waals surface area contributed by atoms with E-state index in [2.05, 4.69) is 35.5 Å². The molecule has 0 amide bonds. The molecule has 1 atom stereocenters. The molecule has 19 heavy (non-hydrogen) atoms. The van der Waals surface area contributed by atoms with Gasteiger partial charge in [0.1, 0.15) is 0 Å². The maximum Gasteiger partial charge on any atom is 0.333 e. The molecule has 1 aliphatic rings. The van der Waals surface area contributed by atoms with Crippen molar-refractivity contribution in [3.05, 3.63) is 39.9 Å². The van der Waals surface area contributed by atoms with E-state index < -0.39 is 0 Å². The molecular weight excluding hydrogens is 306 g/mol. The summed E-state index contributed by atoms with van der Waals surface area (Å²) in [5.41, 5.74) is 9.92. The van der Waals surface area contributed by atoms with Crippen molar-refractivity contribution in [2.75, 3.05) is 12.3 Å². The van der Waals surface area contributed by atoms with Gasteiger partial charge in [-0.05, 0) is 42.5 Å². The van der Waals surface area contributed by atoms with Crippen molar-refractivity contribution in [1.29, 1.82) is 0 Å². The van der Waals surface area contributed by atoms with Gasteiger partial charge in [-0.2, -0.15) is 0 Å². The number of halogens is 1. The van der Waals surface area contributed by atoms with Gasteiger partial charge in [0.15, 0.2) is 0 Å². The quantitative estimate of drug-likeness (QED) is 0.525. The highest BCUT2D eigenvalue weighted by atomic mass is 79.9. The maximum absolute atomic E-state index is 11.3. The van der Waals surface area contributed by atoms with Crippen LogP contribution < -0.4 is 5.73 Å². The first-order valence-electron chi connectivity index (χ1n) is 6.45. The van der Waals surface area contributed by atoms with Crippen LogP contribution in [0.25, 0.3) is 0 Å². The second-order valence-corrected chi connectivity index (χ2v) is 5.76. The van der Waals surface area contributed by atoms with Crippen molar-refractivity contribution in [3.63, 3.8) is 0 Å². The Hall–Kier alpha value is -1.29. The highest BCUT2D eigenvalue weighted by Gasteiger charge is 2.28. The van der Waals surface area contributed by atoms with Gasteiger partial charge in [-0.25, -0.2) is 4.79 Å². The first-order chi connectivity index (χ1) is 9.02. The summed E-state index contributed by atoms with van der Waals surface area (Å²) in [7, 11) is 0. The molecule has 2 rings (SSSR count). The van der Waals surface area contributed by atoms with Crippen LogP contribution >= 0.6 is 15.9 Å². The molecule has 0 spiro atoms. The molecule has 102 valence electrons. The maximum atomic E-state index is 11.3. The number of cyclic esters (lactones) is 1. The summed E-state index contributed by atoms with van der Waals surface area (Å²) in [6.45, 7) is 6.37. The fourth-order valence-corrected chi connectivity index (χ4v) is 2.97. The van der Waals surface area contributed by atoms with Crippen LogP contribution in [0.1, 0.15) is 24.5 Å². The topological polar surface area (TPSA) is 52.3 Å². The molecule has 0 saturated carbocycles. The van der Waals surface area contributed by atoms with Crippen LogP contribution in [-0.2, 0) is 22.4 Å². The van der Waals surface area contributed by atoms with E-state index in [-0.39, 0.29) is 11.9 Å². The molecule has 1 aliphatic heterocycles. The van der Waals surface area contributed by atoms with Gasteiger partial charge in [0.25, 0.3) is 0 Å². The number of aryl methyl sites for hydroxylation is 1. The van der Waals surface area contributed by atoms with Crippen molar-refractivity contribution in [3.8, 4) is 0 Å². The monoisotopic (exact) mass is 323 g/mol. The summed E-state index contributed by atoms with van der Waals surface area (Å²) < 4.78 is 6.00. The molecule has 1 aromatic carbocycles. The minimum absolute atomic E-state index is 0.125. The van der Waals surface area contributed by atoms with Crippen molar-refractivity contribution in [2.24, 2.45) is 5.92 Å². The normalized spacial score (nSPS) is 18.7. The first-order valence-corrected chi connectivity index (χ1v) is 7.25. The van der Waals surface area contributed by atoms with Crippen LogP contribution in [0, 0.1) is 5.92 Å². The van der Waals surface area contributed by atoms with Crippen LogP contribution in [0.5, 0.6) is 0 Å². The Morgan fingerprint density at radius 1 is 1.53 bits per heavy atom. The Labute approximate surface area is 122 Å². The third-order valence-electron chi connectivity index (χ3n) is 3.64. The van der Waals surface area contributed by atoms with E-state index in [1.807, 2.05) is 6.07 Å². The molecule has 1 fully saturated rings. The largest absolute Gasteiger partial charge is 0.462 e. The standard InChI is InChI=1S/C15H18BrNO2/c1-3-10-6-12(16)7-14(17)13(10)5-4-11-8-19-15(18)9(11)2/h6-7,11H,2-5,8,17H2,1H3/t11-/m1/s1. The van der Waals surface area contributed by atoms with E-state index in [1.165, 1.54) is 11.1 Å². The highest BCUT2D eigenvalue weighted by Crippen LogP contribution is 2.29. The lowest BCUT2D eigenvalue weighted by Crippen LogP contribution is -2.07. The minimum atomic E-state index is -0.260. The zero-order valence-corrected chi connectivity index (χ0v) is 12.6. The van der Waals surface area contributed by atoms with E-state index in [9.17, 15) is 4.79 Å². The highest BCUT2D eigenvalue weighted by molar-refractivity contribution is 9.10. The van der Waals surface area contributed by atoms with Gasteiger partial charge in [0, 0.05) is 21.7 Å². The lowest BCUT2D eigenvalue weighted by Gasteiger charge is -2.14. The Bertz CT molecular complexity index is 525. The third-order valence-corrected chi connectivity index (χ3v) is 4.09. The molecule has 3 nitrogen and oxygen atoms in total. The van der Waals surface area contributed by atoms with E-state index in [4.69, 9.17) is 10.5 Å². The fraction of sp³-hybridized carbons (Fsp3) is 0.400. The third kappa shape index (κ3) is 3.00. The van der Waals surface area contributed by atoms with Gasteiger partial charge < -0.3 is 10.5 Å². The summed E-state index contributed by atoms with van der Waals surface area (Å²) in [5.74, 6) is -0.134. The SMILES string of the molecule is C=C1C(=O)OC[C@H]1CCc1c(N)cc(Br)cc1CC. The molecule has 0 aliphatic carbocycles. The first kappa shape index (κ1) is 14.1. The van der Waals surface area contributed by atoms with Gasteiger partial charge in [0.2, 0.25) is 0 Å². The Morgan fingerprint density at radius 3 is 2.84 bits per heavy atom. The number of carbonyl (C=O) groups excluding carboxylic acids is 1. The molecule has 1 aromatic rings. The van der Waals surface area contributed by atoms with Gasteiger partial charge >= 0.3 is 5.97 Å². The number of rotatable bonds is 4. The molecule has 0 aromatic heterocycles. The van der Waals surface area contributed by atoms with Gasteiger partial charge in [0.05, 0.1) is 6.61 Å². The fourth-order valence-electron chi connectivity index (χ4n) is 2.45. The van der Waals surface area contributed by atoms with Crippen molar-refractivity contribution in [1.82, 2.24) is 0 Å². The Balaban J connectivity index is 2.11. The molecule has 2 N–H and O–H groups in total. The van der Waals surface area contributed by atoms with Gasteiger partial charge in [-0.1, -0.05) is 29.4 Å². The number of ether oxygens (including phenoxy) is 1. The average Bonchev–Trinajstić information content (AvgIpc) is 2.68. The summed E-state index contributed by atoms with van der Waals surface area (Å²) >= 11 is 3.46. The summed E-state index contributed by atoms with van der Waals surface area (Å²) in [4.78, 5) is 11.3. The summed E-state index contributed by atoms with van der Waals surface area (Å²) in [5, 5.41) is 0. The molecule has 0 unspecified atom stereocenters. The number of nitrogen functional groups attached to an aromatic ring is 1. The van der Waals surface area contributed by atoms with Gasteiger partial charge in [-0.3, -0.25) is 0 Å². The zero-order chi connectivity index (χ0) is 14.0. The van der Waals surface area contributed by atoms with Crippen LogP contribution in [0.2, 0.25) is 0 Å². The minimum Gasteiger partial charge on any atom is -0.462 e. The van der Waals surface area contributed by atoms with Crippen LogP contribution in [0.4, 0.5) is 5.69 Å². The number of hydrogen-bond donors (Lipinski definition) is 1. The number of anilines is 1.